The van der Waals surface area contributed by atoms with Gasteiger partial charge in [-0.15, -0.1) is 0 Å². The van der Waals surface area contributed by atoms with E-state index in [2.05, 4.69) is 67.2 Å². The van der Waals surface area contributed by atoms with E-state index in [-0.39, 0.29) is 0 Å². The Balaban J connectivity index is 1.64. The second kappa shape index (κ2) is 6.75. The fourth-order valence-corrected chi connectivity index (χ4v) is 4.13. The van der Waals surface area contributed by atoms with E-state index in [0.717, 1.165) is 12.2 Å². The highest BCUT2D eigenvalue weighted by Crippen LogP contribution is 2.41. The standard InChI is InChI=1S/C22H24N2O/c1-3-15-25-18-13-11-17(12-14-18)22-20-10-6-8-16-7-4-5-9-19(16)21(20)23-24(22)2/h3-5,7,9,11-14,20,22H,1,6,8,10,15H2,2H3/t20-,22+/m1/s1. The lowest BCUT2D eigenvalue weighted by Crippen LogP contribution is -2.23. The van der Waals surface area contributed by atoms with E-state index in [1.54, 1.807) is 6.08 Å². The van der Waals surface area contributed by atoms with Crippen molar-refractivity contribution in [3.05, 3.63) is 77.9 Å². The van der Waals surface area contributed by atoms with Crippen molar-refractivity contribution < 1.29 is 4.74 Å². The number of fused-ring (bicyclic) bond motifs is 3. The van der Waals surface area contributed by atoms with Gasteiger partial charge in [-0.3, -0.25) is 5.01 Å². The summed E-state index contributed by atoms with van der Waals surface area (Å²) in [6.45, 7) is 4.23. The predicted molar refractivity (Wildman–Crippen MR) is 102 cm³/mol. The van der Waals surface area contributed by atoms with Gasteiger partial charge in [0.25, 0.3) is 0 Å². The maximum Gasteiger partial charge on any atom is 0.119 e. The van der Waals surface area contributed by atoms with E-state index in [1.807, 2.05) is 0 Å². The van der Waals surface area contributed by atoms with Crippen molar-refractivity contribution in [1.82, 2.24) is 5.01 Å². The summed E-state index contributed by atoms with van der Waals surface area (Å²) in [4.78, 5) is 0. The van der Waals surface area contributed by atoms with Gasteiger partial charge in [0, 0.05) is 18.5 Å². The highest BCUT2D eigenvalue weighted by molar-refractivity contribution is 6.05. The second-order valence-corrected chi connectivity index (χ2v) is 6.83. The van der Waals surface area contributed by atoms with E-state index >= 15 is 0 Å². The Morgan fingerprint density at radius 1 is 1.20 bits per heavy atom. The molecular formula is C22H24N2O. The molecule has 0 saturated carbocycles. The van der Waals surface area contributed by atoms with Crippen LogP contribution in [0.3, 0.4) is 0 Å². The number of ether oxygens (including phenoxy) is 1. The summed E-state index contributed by atoms with van der Waals surface area (Å²) in [5.41, 5.74) is 5.33. The summed E-state index contributed by atoms with van der Waals surface area (Å²) in [5, 5.41) is 7.09. The Morgan fingerprint density at radius 3 is 2.80 bits per heavy atom. The Kier molecular flexibility index (Phi) is 4.31. The van der Waals surface area contributed by atoms with E-state index < -0.39 is 0 Å². The van der Waals surface area contributed by atoms with Crippen LogP contribution in [0.4, 0.5) is 0 Å². The third-order valence-electron chi connectivity index (χ3n) is 5.24. The molecule has 0 N–H and O–H groups in total. The van der Waals surface area contributed by atoms with Crippen molar-refractivity contribution in [2.24, 2.45) is 11.0 Å². The molecule has 0 unspecified atom stereocenters. The molecule has 0 bridgehead atoms. The smallest absolute Gasteiger partial charge is 0.119 e. The lowest BCUT2D eigenvalue weighted by Gasteiger charge is -2.25. The van der Waals surface area contributed by atoms with Gasteiger partial charge in [-0.1, -0.05) is 49.1 Å². The molecule has 0 amide bonds. The monoisotopic (exact) mass is 332 g/mol. The molecule has 0 saturated heterocycles. The van der Waals surface area contributed by atoms with Crippen LogP contribution >= 0.6 is 0 Å². The van der Waals surface area contributed by atoms with Crippen LogP contribution in [0.1, 0.15) is 35.6 Å². The summed E-state index contributed by atoms with van der Waals surface area (Å²) in [6.07, 6.45) is 5.31. The van der Waals surface area contributed by atoms with Crippen LogP contribution < -0.4 is 4.74 Å². The fourth-order valence-electron chi connectivity index (χ4n) is 4.13. The zero-order valence-electron chi connectivity index (χ0n) is 14.7. The first kappa shape index (κ1) is 15.9. The summed E-state index contributed by atoms with van der Waals surface area (Å²) in [7, 11) is 2.09. The quantitative estimate of drug-likeness (QED) is 0.765. The van der Waals surface area contributed by atoms with Crippen LogP contribution in [0.25, 0.3) is 0 Å². The Bertz CT molecular complexity index is 794. The number of nitrogens with zero attached hydrogens (tertiary/aromatic N) is 2. The van der Waals surface area contributed by atoms with Gasteiger partial charge in [0.15, 0.2) is 0 Å². The molecule has 2 atom stereocenters. The molecule has 1 aliphatic heterocycles. The summed E-state index contributed by atoms with van der Waals surface area (Å²) in [6, 6.07) is 17.5. The Morgan fingerprint density at radius 2 is 2.00 bits per heavy atom. The number of rotatable bonds is 4. The molecule has 0 aromatic heterocycles. The molecule has 25 heavy (non-hydrogen) atoms. The SMILES string of the molecule is C=CCOc1ccc([C@H]2[C@@H]3CCCc4ccccc4C3=NN2C)cc1. The van der Waals surface area contributed by atoms with Crippen molar-refractivity contribution in [2.45, 2.75) is 25.3 Å². The third-order valence-corrected chi connectivity index (χ3v) is 5.24. The van der Waals surface area contributed by atoms with E-state index in [9.17, 15) is 0 Å². The van der Waals surface area contributed by atoms with E-state index in [1.165, 1.54) is 35.2 Å². The molecule has 2 aromatic carbocycles. The highest BCUT2D eigenvalue weighted by Gasteiger charge is 2.38. The number of hydrogen-bond acceptors (Lipinski definition) is 3. The van der Waals surface area contributed by atoms with Crippen LogP contribution in [0.15, 0.2) is 66.3 Å². The molecule has 0 fully saturated rings. The lowest BCUT2D eigenvalue weighted by molar-refractivity contribution is 0.242. The van der Waals surface area contributed by atoms with Gasteiger partial charge in [-0.25, -0.2) is 0 Å². The van der Waals surface area contributed by atoms with Gasteiger partial charge in [-0.05, 0) is 42.5 Å². The lowest BCUT2D eigenvalue weighted by atomic mass is 9.85. The molecule has 3 heteroatoms. The maximum atomic E-state index is 5.61. The van der Waals surface area contributed by atoms with Crippen molar-refractivity contribution in [3.63, 3.8) is 0 Å². The average molecular weight is 332 g/mol. The molecule has 0 spiro atoms. The van der Waals surface area contributed by atoms with Crippen LogP contribution in [0, 0.1) is 5.92 Å². The number of aryl methyl sites for hydroxylation is 1. The molecule has 128 valence electrons. The molecule has 1 aliphatic carbocycles. The molecule has 0 radical (unpaired) electrons. The van der Waals surface area contributed by atoms with Gasteiger partial charge in [-0.2, -0.15) is 5.10 Å². The molecule has 3 nitrogen and oxygen atoms in total. The largest absolute Gasteiger partial charge is 0.490 e. The average Bonchev–Trinajstić information content (AvgIpc) is 2.86. The third kappa shape index (κ3) is 2.95. The molecule has 1 heterocycles. The zero-order valence-corrected chi connectivity index (χ0v) is 14.7. The fraction of sp³-hybridized carbons (Fsp3) is 0.318. The number of hydrazone groups is 1. The second-order valence-electron chi connectivity index (χ2n) is 6.83. The predicted octanol–water partition coefficient (Wildman–Crippen LogP) is 4.59. The minimum absolute atomic E-state index is 0.301. The van der Waals surface area contributed by atoms with Crippen molar-refractivity contribution in [3.8, 4) is 5.75 Å². The molecule has 2 aliphatic rings. The van der Waals surface area contributed by atoms with Crippen molar-refractivity contribution in [2.75, 3.05) is 13.7 Å². The maximum absolute atomic E-state index is 5.61. The summed E-state index contributed by atoms with van der Waals surface area (Å²) < 4.78 is 5.61. The van der Waals surface area contributed by atoms with Crippen molar-refractivity contribution in [1.29, 1.82) is 0 Å². The first-order valence-electron chi connectivity index (χ1n) is 9.01. The summed E-state index contributed by atoms with van der Waals surface area (Å²) >= 11 is 0. The van der Waals surface area contributed by atoms with Crippen LogP contribution in [0.5, 0.6) is 5.75 Å². The number of hydrogen-bond donors (Lipinski definition) is 0. The first-order valence-corrected chi connectivity index (χ1v) is 9.01. The first-order chi connectivity index (χ1) is 12.3. The van der Waals surface area contributed by atoms with Crippen LogP contribution in [-0.4, -0.2) is 24.4 Å². The van der Waals surface area contributed by atoms with Gasteiger partial charge in [0.05, 0.1) is 11.8 Å². The highest BCUT2D eigenvalue weighted by atomic mass is 16.5. The van der Waals surface area contributed by atoms with Gasteiger partial charge in [0.2, 0.25) is 0 Å². The molecular weight excluding hydrogens is 308 g/mol. The van der Waals surface area contributed by atoms with Gasteiger partial charge < -0.3 is 4.74 Å². The Labute approximate surface area is 149 Å². The van der Waals surface area contributed by atoms with Gasteiger partial charge >= 0.3 is 0 Å². The molecule has 4 rings (SSSR count). The minimum Gasteiger partial charge on any atom is -0.490 e. The summed E-state index contributed by atoms with van der Waals surface area (Å²) in [5.74, 6) is 1.34. The normalized spacial score (nSPS) is 21.8. The van der Waals surface area contributed by atoms with Crippen LogP contribution in [0.2, 0.25) is 0 Å². The Hall–Kier alpha value is -2.55. The van der Waals surface area contributed by atoms with Crippen molar-refractivity contribution >= 4 is 5.71 Å². The topological polar surface area (TPSA) is 24.8 Å². The number of benzene rings is 2. The van der Waals surface area contributed by atoms with E-state index in [0.29, 0.717) is 18.6 Å². The molecule has 2 aromatic rings. The van der Waals surface area contributed by atoms with Gasteiger partial charge in [0.1, 0.15) is 12.4 Å². The van der Waals surface area contributed by atoms with Crippen LogP contribution in [-0.2, 0) is 6.42 Å². The zero-order chi connectivity index (χ0) is 17.2. The minimum atomic E-state index is 0.301. The van der Waals surface area contributed by atoms with E-state index in [4.69, 9.17) is 9.84 Å².